The fraction of sp³-hybridized carbons (Fsp3) is 0.381. The van der Waals surface area contributed by atoms with E-state index >= 15 is 0 Å². The Bertz CT molecular complexity index is 1070. The molecule has 2 aromatic heterocycles. The highest BCUT2D eigenvalue weighted by Crippen LogP contribution is 2.30. The molecule has 0 spiro atoms. The predicted octanol–water partition coefficient (Wildman–Crippen LogP) is 2.10. The Morgan fingerprint density at radius 1 is 1.18 bits per heavy atom. The van der Waals surface area contributed by atoms with Crippen molar-refractivity contribution in [3.63, 3.8) is 0 Å². The van der Waals surface area contributed by atoms with E-state index in [1.807, 2.05) is 30.5 Å². The second-order valence-electron chi connectivity index (χ2n) is 8.21. The maximum absolute atomic E-state index is 12.1. The highest BCUT2D eigenvalue weighted by molar-refractivity contribution is 5.99. The monoisotopic (exact) mass is 376 g/mol. The molecule has 1 aromatic carbocycles. The van der Waals surface area contributed by atoms with Gasteiger partial charge in [0, 0.05) is 55.1 Å². The Labute approximate surface area is 163 Å². The number of aromatic nitrogens is 3. The van der Waals surface area contributed by atoms with E-state index in [0.29, 0.717) is 6.54 Å². The van der Waals surface area contributed by atoms with Gasteiger partial charge in [-0.25, -0.2) is 4.98 Å². The van der Waals surface area contributed by atoms with Crippen molar-refractivity contribution in [1.82, 2.24) is 25.6 Å². The van der Waals surface area contributed by atoms with E-state index in [0.717, 1.165) is 65.4 Å². The van der Waals surface area contributed by atoms with Gasteiger partial charge in [0.25, 0.3) is 5.91 Å². The van der Waals surface area contributed by atoms with Crippen LogP contribution in [0.25, 0.3) is 22.3 Å². The van der Waals surface area contributed by atoms with Gasteiger partial charge in [0.1, 0.15) is 11.3 Å². The van der Waals surface area contributed by atoms with Gasteiger partial charge in [0.05, 0.1) is 17.3 Å². The lowest BCUT2D eigenvalue weighted by Gasteiger charge is -2.39. The largest absolute Gasteiger partial charge is 0.358 e. The van der Waals surface area contributed by atoms with Crippen molar-refractivity contribution in [3.05, 3.63) is 41.7 Å². The molecule has 0 aliphatic carbocycles. The van der Waals surface area contributed by atoms with Gasteiger partial charge in [-0.2, -0.15) is 0 Å². The molecule has 2 aliphatic rings. The summed E-state index contributed by atoms with van der Waals surface area (Å²) in [5.74, 6) is 0.877. The van der Waals surface area contributed by atoms with E-state index in [4.69, 9.17) is 4.98 Å². The van der Waals surface area contributed by atoms with E-state index in [-0.39, 0.29) is 11.4 Å². The minimum atomic E-state index is -0.0150. The molecule has 1 saturated heterocycles. The van der Waals surface area contributed by atoms with E-state index < -0.39 is 0 Å². The van der Waals surface area contributed by atoms with Crippen LogP contribution in [-0.4, -0.2) is 52.6 Å². The number of carbonyl (C=O) groups is 1. The van der Waals surface area contributed by atoms with E-state index in [9.17, 15) is 4.79 Å². The van der Waals surface area contributed by atoms with Gasteiger partial charge in [-0.15, -0.1) is 0 Å². The smallest absolute Gasteiger partial charge is 0.253 e. The van der Waals surface area contributed by atoms with Gasteiger partial charge < -0.3 is 20.5 Å². The molecule has 144 valence electrons. The Morgan fingerprint density at radius 2 is 2.07 bits per heavy atom. The minimum Gasteiger partial charge on any atom is -0.358 e. The number of rotatable bonds is 2. The molecule has 0 atom stereocenters. The first-order valence-electron chi connectivity index (χ1n) is 9.76. The summed E-state index contributed by atoms with van der Waals surface area (Å²) >= 11 is 0. The van der Waals surface area contributed by atoms with Crippen LogP contribution < -0.4 is 15.5 Å². The number of carbonyl (C=O) groups excluding carboxylic acids is 1. The first-order valence-corrected chi connectivity index (χ1v) is 9.76. The summed E-state index contributed by atoms with van der Waals surface area (Å²) in [4.78, 5) is 27.5. The Hall–Kier alpha value is -2.93. The van der Waals surface area contributed by atoms with Crippen LogP contribution in [0, 0.1) is 0 Å². The zero-order valence-electron chi connectivity index (χ0n) is 16.2. The van der Waals surface area contributed by atoms with Gasteiger partial charge >= 0.3 is 0 Å². The van der Waals surface area contributed by atoms with E-state index in [1.54, 1.807) is 0 Å². The van der Waals surface area contributed by atoms with Crippen molar-refractivity contribution in [2.24, 2.45) is 0 Å². The Morgan fingerprint density at radius 3 is 2.89 bits per heavy atom. The number of hydrogen-bond acceptors (Lipinski definition) is 5. The molecule has 0 bridgehead atoms. The van der Waals surface area contributed by atoms with Crippen LogP contribution >= 0.6 is 0 Å². The number of H-pyrrole nitrogens is 1. The lowest BCUT2D eigenvalue weighted by Crippen LogP contribution is -2.57. The SMILES string of the molecule is CC1(C)CN(c2cnc3cccc(-c4cc5c([nH]4)CCNC5=O)c3n2)CCN1. The molecule has 7 nitrogen and oxygen atoms in total. The number of nitrogens with zero attached hydrogens (tertiary/aromatic N) is 3. The van der Waals surface area contributed by atoms with E-state index in [2.05, 4.69) is 39.3 Å². The summed E-state index contributed by atoms with van der Waals surface area (Å²) < 4.78 is 0. The molecule has 7 heteroatoms. The molecule has 0 radical (unpaired) electrons. The normalized spacial score (nSPS) is 18.8. The van der Waals surface area contributed by atoms with Gasteiger partial charge in [-0.3, -0.25) is 9.78 Å². The molecule has 1 amide bonds. The summed E-state index contributed by atoms with van der Waals surface area (Å²) in [5, 5.41) is 6.43. The van der Waals surface area contributed by atoms with Crippen molar-refractivity contribution in [1.29, 1.82) is 0 Å². The molecule has 2 aliphatic heterocycles. The zero-order chi connectivity index (χ0) is 19.3. The minimum absolute atomic E-state index is 0.0150. The summed E-state index contributed by atoms with van der Waals surface area (Å²) in [6.45, 7) is 7.78. The lowest BCUT2D eigenvalue weighted by atomic mass is 10.0. The van der Waals surface area contributed by atoms with Crippen LogP contribution in [-0.2, 0) is 6.42 Å². The highest BCUT2D eigenvalue weighted by atomic mass is 16.1. The van der Waals surface area contributed by atoms with Gasteiger partial charge in [-0.05, 0) is 26.0 Å². The van der Waals surface area contributed by atoms with Crippen LogP contribution in [0.2, 0.25) is 0 Å². The standard InChI is InChI=1S/C21H24N6O/c1-21(2)12-27(9-8-24-21)18-11-23-16-5-3-4-13(19(16)26-18)17-10-14-15(25-17)6-7-22-20(14)28/h3-5,10-11,24-25H,6-9,12H2,1-2H3,(H,22,28). The number of hydrogen-bond donors (Lipinski definition) is 3. The molecule has 5 rings (SSSR count). The number of para-hydroxylation sites is 1. The van der Waals surface area contributed by atoms with Crippen LogP contribution in [0.1, 0.15) is 29.9 Å². The van der Waals surface area contributed by atoms with Crippen LogP contribution in [0.4, 0.5) is 5.82 Å². The lowest BCUT2D eigenvalue weighted by molar-refractivity contribution is 0.0946. The number of fused-ring (bicyclic) bond motifs is 2. The zero-order valence-corrected chi connectivity index (χ0v) is 16.2. The second kappa shape index (κ2) is 6.31. The number of benzene rings is 1. The van der Waals surface area contributed by atoms with Crippen molar-refractivity contribution in [3.8, 4) is 11.3 Å². The third kappa shape index (κ3) is 2.92. The molecular weight excluding hydrogens is 352 g/mol. The summed E-state index contributed by atoms with van der Waals surface area (Å²) in [6, 6.07) is 7.94. The molecule has 1 fully saturated rings. The predicted molar refractivity (Wildman–Crippen MR) is 110 cm³/mol. The maximum atomic E-state index is 12.1. The average molecular weight is 376 g/mol. The highest BCUT2D eigenvalue weighted by Gasteiger charge is 2.27. The molecule has 0 saturated carbocycles. The first kappa shape index (κ1) is 17.2. The van der Waals surface area contributed by atoms with Crippen molar-refractivity contribution >= 4 is 22.8 Å². The fourth-order valence-corrected chi connectivity index (χ4v) is 4.17. The number of piperazine rings is 1. The molecule has 3 aromatic rings. The summed E-state index contributed by atoms with van der Waals surface area (Å²) in [6.07, 6.45) is 2.68. The number of anilines is 1. The summed E-state index contributed by atoms with van der Waals surface area (Å²) in [7, 11) is 0. The summed E-state index contributed by atoms with van der Waals surface area (Å²) in [5.41, 5.74) is 5.36. The molecule has 3 N–H and O–H groups in total. The fourth-order valence-electron chi connectivity index (χ4n) is 4.17. The van der Waals surface area contributed by atoms with Crippen LogP contribution in [0.3, 0.4) is 0 Å². The number of aromatic amines is 1. The van der Waals surface area contributed by atoms with Crippen LogP contribution in [0.15, 0.2) is 30.5 Å². The van der Waals surface area contributed by atoms with Gasteiger partial charge in [0.2, 0.25) is 0 Å². The van der Waals surface area contributed by atoms with Gasteiger partial charge in [-0.1, -0.05) is 12.1 Å². The van der Waals surface area contributed by atoms with Crippen molar-refractivity contribution in [2.75, 3.05) is 31.1 Å². The topological polar surface area (TPSA) is 85.9 Å². The molecule has 0 unspecified atom stereocenters. The quantitative estimate of drug-likeness (QED) is 0.638. The molecular formula is C21H24N6O. The third-order valence-corrected chi connectivity index (χ3v) is 5.55. The third-order valence-electron chi connectivity index (χ3n) is 5.55. The number of amides is 1. The Kier molecular flexibility index (Phi) is 3.87. The molecule has 4 heterocycles. The average Bonchev–Trinajstić information content (AvgIpc) is 3.12. The Balaban J connectivity index is 1.59. The van der Waals surface area contributed by atoms with Gasteiger partial charge in [0.15, 0.2) is 0 Å². The van der Waals surface area contributed by atoms with Crippen molar-refractivity contribution in [2.45, 2.75) is 25.8 Å². The second-order valence-corrected chi connectivity index (χ2v) is 8.21. The first-order chi connectivity index (χ1) is 13.5. The number of nitrogens with one attached hydrogen (secondary N) is 3. The maximum Gasteiger partial charge on any atom is 0.253 e. The van der Waals surface area contributed by atoms with E-state index in [1.165, 1.54) is 0 Å². The van der Waals surface area contributed by atoms with Crippen molar-refractivity contribution < 1.29 is 4.79 Å². The molecule has 28 heavy (non-hydrogen) atoms. The van der Waals surface area contributed by atoms with Crippen LogP contribution in [0.5, 0.6) is 0 Å².